The predicted molar refractivity (Wildman–Crippen MR) is 111 cm³/mol. The molecule has 168 valence electrons. The fourth-order valence-corrected chi connectivity index (χ4v) is 4.25. The monoisotopic (exact) mass is 443 g/mol. The van der Waals surface area contributed by atoms with Gasteiger partial charge >= 0.3 is 5.69 Å². The number of aromatic hydroxyl groups is 1. The van der Waals surface area contributed by atoms with Crippen molar-refractivity contribution in [3.8, 4) is 5.75 Å². The minimum absolute atomic E-state index is 0.0140. The van der Waals surface area contributed by atoms with E-state index in [4.69, 9.17) is 19.9 Å². The predicted octanol–water partition coefficient (Wildman–Crippen LogP) is -0.267. The molecule has 5 rings (SSSR count). The summed E-state index contributed by atoms with van der Waals surface area (Å²) in [6.45, 7) is 3.31. The van der Waals surface area contributed by atoms with Gasteiger partial charge in [0.05, 0.1) is 6.61 Å². The molecule has 2 fully saturated rings. The molecule has 0 bridgehead atoms. The first-order valence-electron chi connectivity index (χ1n) is 9.90. The zero-order valence-electron chi connectivity index (χ0n) is 16.7. The van der Waals surface area contributed by atoms with Crippen molar-refractivity contribution in [3.05, 3.63) is 63.3 Å². The first-order valence-corrected chi connectivity index (χ1v) is 9.90. The number of nitrogens with two attached hydrogens (primary N) is 1. The number of rotatable bonds is 5. The summed E-state index contributed by atoms with van der Waals surface area (Å²) in [5.41, 5.74) is 5.17. The van der Waals surface area contributed by atoms with Gasteiger partial charge in [0.15, 0.2) is 23.7 Å². The van der Waals surface area contributed by atoms with Crippen molar-refractivity contribution in [1.82, 2.24) is 19.1 Å². The molecular weight excluding hydrogens is 422 g/mol. The van der Waals surface area contributed by atoms with E-state index in [9.17, 15) is 19.8 Å². The van der Waals surface area contributed by atoms with Crippen LogP contribution in [0.2, 0.25) is 0 Å². The minimum Gasteiger partial charge on any atom is -0.508 e. The maximum absolute atomic E-state index is 13.3. The highest BCUT2D eigenvalue weighted by atomic mass is 16.8. The molecule has 0 amide bonds. The van der Waals surface area contributed by atoms with Gasteiger partial charge < -0.3 is 30.2 Å². The van der Waals surface area contributed by atoms with Crippen LogP contribution in [-0.2, 0) is 20.8 Å². The molecule has 0 radical (unpaired) electrons. The van der Waals surface area contributed by atoms with E-state index in [1.54, 1.807) is 12.1 Å². The Morgan fingerprint density at radius 2 is 2.03 bits per heavy atom. The van der Waals surface area contributed by atoms with Crippen molar-refractivity contribution in [2.24, 2.45) is 0 Å². The van der Waals surface area contributed by atoms with Crippen LogP contribution in [0.25, 0.3) is 11.2 Å². The normalized spacial score (nSPS) is 27.1. The van der Waals surface area contributed by atoms with E-state index in [-0.39, 0.29) is 36.0 Å². The molecule has 2 aromatic heterocycles. The van der Waals surface area contributed by atoms with Gasteiger partial charge in [-0.05, 0) is 12.1 Å². The van der Waals surface area contributed by atoms with Crippen LogP contribution < -0.4 is 17.0 Å². The van der Waals surface area contributed by atoms with Gasteiger partial charge in [-0.3, -0.25) is 14.3 Å². The van der Waals surface area contributed by atoms with Gasteiger partial charge in [0.2, 0.25) is 5.95 Å². The van der Waals surface area contributed by atoms with Gasteiger partial charge in [0.1, 0.15) is 24.1 Å². The topological polar surface area (TPSA) is 167 Å². The van der Waals surface area contributed by atoms with E-state index < -0.39 is 42.1 Å². The Labute approximate surface area is 180 Å². The third-order valence-electron chi connectivity index (χ3n) is 5.57. The number of nitrogens with zero attached hydrogens (tertiary/aromatic N) is 3. The number of aromatic amines is 1. The minimum atomic E-state index is -1.05. The van der Waals surface area contributed by atoms with Gasteiger partial charge in [-0.1, -0.05) is 18.2 Å². The van der Waals surface area contributed by atoms with Gasteiger partial charge in [0, 0.05) is 12.1 Å². The Bertz CT molecular complexity index is 1310. The molecule has 0 aliphatic carbocycles. The van der Waals surface area contributed by atoms with Crippen LogP contribution in [0, 0.1) is 0 Å². The third kappa shape index (κ3) is 3.04. The zero-order chi connectivity index (χ0) is 22.6. The summed E-state index contributed by atoms with van der Waals surface area (Å²) in [6, 6.07) is 6.39. The summed E-state index contributed by atoms with van der Waals surface area (Å²) in [5.74, 6) is -0.123. The van der Waals surface area contributed by atoms with Crippen molar-refractivity contribution in [3.63, 3.8) is 0 Å². The zero-order valence-corrected chi connectivity index (χ0v) is 16.7. The highest BCUT2D eigenvalue weighted by molar-refractivity contribution is 5.72. The number of phenols is 1. The van der Waals surface area contributed by atoms with Crippen LogP contribution in [0.1, 0.15) is 18.1 Å². The third-order valence-corrected chi connectivity index (χ3v) is 5.57. The number of aliphatic hydroxyl groups excluding tert-OH is 1. The number of aromatic nitrogens is 4. The molecular formula is C20H21N5O7. The number of anilines is 1. The van der Waals surface area contributed by atoms with Crippen molar-refractivity contribution in [1.29, 1.82) is 0 Å². The van der Waals surface area contributed by atoms with Gasteiger partial charge in [-0.25, -0.2) is 9.36 Å². The van der Waals surface area contributed by atoms with Crippen LogP contribution in [0.15, 0.2) is 46.5 Å². The molecule has 5 atom stereocenters. The molecule has 32 heavy (non-hydrogen) atoms. The maximum Gasteiger partial charge on any atom is 0.333 e. The number of nitrogen functional groups attached to an aromatic ring is 1. The number of aliphatic hydroxyl groups is 1. The van der Waals surface area contributed by atoms with Gasteiger partial charge in [-0.15, -0.1) is 6.58 Å². The summed E-state index contributed by atoms with van der Waals surface area (Å²) >= 11 is 0. The summed E-state index contributed by atoms with van der Waals surface area (Å²) in [4.78, 5) is 32.4. The molecule has 2 aliphatic heterocycles. The number of allylic oxidation sites excluding steroid dienone is 1. The second kappa shape index (κ2) is 7.60. The second-order valence-electron chi connectivity index (χ2n) is 7.55. The van der Waals surface area contributed by atoms with Crippen molar-refractivity contribution >= 4 is 17.1 Å². The van der Waals surface area contributed by atoms with Crippen LogP contribution in [-0.4, -0.2) is 54.2 Å². The number of benzene rings is 1. The van der Waals surface area contributed by atoms with E-state index in [2.05, 4.69) is 16.5 Å². The molecule has 3 aromatic rings. The first kappa shape index (κ1) is 20.5. The lowest BCUT2D eigenvalue weighted by atomic mass is 10.1. The molecule has 12 heteroatoms. The molecule has 1 unspecified atom stereocenters. The number of H-pyrrole nitrogens is 1. The van der Waals surface area contributed by atoms with E-state index in [0.717, 1.165) is 0 Å². The molecule has 2 saturated heterocycles. The number of ether oxygens (including phenoxy) is 3. The lowest BCUT2D eigenvalue weighted by Gasteiger charge is -2.20. The molecule has 5 N–H and O–H groups in total. The molecule has 1 aromatic carbocycles. The molecule has 0 saturated carbocycles. The van der Waals surface area contributed by atoms with Crippen LogP contribution in [0.4, 0.5) is 5.95 Å². The summed E-state index contributed by atoms with van der Waals surface area (Å²) in [5, 5.41) is 19.6. The average molecular weight is 443 g/mol. The molecule has 12 nitrogen and oxygen atoms in total. The largest absolute Gasteiger partial charge is 0.508 e. The van der Waals surface area contributed by atoms with Gasteiger partial charge in [-0.2, -0.15) is 4.98 Å². The summed E-state index contributed by atoms with van der Waals surface area (Å²) < 4.78 is 20.3. The molecule has 4 heterocycles. The summed E-state index contributed by atoms with van der Waals surface area (Å²) in [7, 11) is 0. The average Bonchev–Trinajstić information content (AvgIpc) is 3.40. The number of nitrogens with one attached hydrogen (secondary N) is 1. The van der Waals surface area contributed by atoms with Crippen molar-refractivity contribution < 1.29 is 24.4 Å². The smallest absolute Gasteiger partial charge is 0.333 e. The Hall–Kier alpha value is -3.45. The van der Waals surface area contributed by atoms with E-state index in [1.165, 1.54) is 27.3 Å². The Balaban J connectivity index is 1.62. The van der Waals surface area contributed by atoms with Crippen LogP contribution in [0.5, 0.6) is 5.75 Å². The maximum atomic E-state index is 13.3. The molecule has 0 spiro atoms. The highest BCUT2D eigenvalue weighted by Crippen LogP contribution is 2.44. The second-order valence-corrected chi connectivity index (χ2v) is 7.55. The van der Waals surface area contributed by atoms with Crippen LogP contribution in [0.3, 0.4) is 0 Å². The number of fused-ring (bicyclic) bond motifs is 2. The highest BCUT2D eigenvalue weighted by Gasteiger charge is 2.54. The van der Waals surface area contributed by atoms with E-state index in [1.807, 2.05) is 0 Å². The van der Waals surface area contributed by atoms with Crippen LogP contribution >= 0.6 is 0 Å². The lowest BCUT2D eigenvalue weighted by Crippen LogP contribution is -2.34. The summed E-state index contributed by atoms with van der Waals surface area (Å²) in [6.07, 6.45) is -2.73. The van der Waals surface area contributed by atoms with Crippen molar-refractivity contribution in [2.45, 2.75) is 37.4 Å². The Morgan fingerprint density at radius 3 is 2.75 bits per heavy atom. The standard InChI is InChI=1S/C20H21N5O7/c1-2-6-24-12-15(22-19(21)23-16(12)28)25(20(24)29)17-14-13(11(8-26)30-17)31-18(32-14)9-4-3-5-10(27)7-9/h2-5,7,11,13-14,17-18,26-27H,1,6,8H2,(H3,21,22,23,28)/t11-,13-,14-,17-,18?/m1/s1. The SMILES string of the molecule is C=CCn1c(=O)n([C@@H]2O[C@H](CO)[C@H]3OC(c4cccc(O)c4)O[C@H]32)c2nc(N)[nH]c(=O)c21. The number of phenolic OH excluding ortho intramolecular Hbond substituents is 1. The van der Waals surface area contributed by atoms with Crippen molar-refractivity contribution in [2.75, 3.05) is 12.3 Å². The first-order chi connectivity index (χ1) is 15.4. The number of hydrogen-bond acceptors (Lipinski definition) is 9. The Kier molecular flexibility index (Phi) is 4.86. The molecule has 2 aliphatic rings. The number of hydrogen-bond donors (Lipinski definition) is 4. The fourth-order valence-electron chi connectivity index (χ4n) is 4.25. The van der Waals surface area contributed by atoms with E-state index in [0.29, 0.717) is 5.56 Å². The Morgan fingerprint density at radius 1 is 1.25 bits per heavy atom. The lowest BCUT2D eigenvalue weighted by molar-refractivity contribution is -0.154. The van der Waals surface area contributed by atoms with E-state index >= 15 is 0 Å². The number of imidazole rings is 1. The van der Waals surface area contributed by atoms with Gasteiger partial charge in [0.25, 0.3) is 5.56 Å². The fraction of sp³-hybridized carbons (Fsp3) is 0.350. The quantitative estimate of drug-likeness (QED) is 0.388.